The summed E-state index contributed by atoms with van der Waals surface area (Å²) in [5.41, 5.74) is 1.34. The number of amides is 1. The summed E-state index contributed by atoms with van der Waals surface area (Å²) < 4.78 is 1.64. The quantitative estimate of drug-likeness (QED) is 0.803. The van der Waals surface area contributed by atoms with Gasteiger partial charge in [0, 0.05) is 18.8 Å². The Balaban J connectivity index is 2.11. The molecule has 0 fully saturated rings. The van der Waals surface area contributed by atoms with E-state index in [0.717, 1.165) is 0 Å². The number of aromatic nitrogens is 2. The van der Waals surface area contributed by atoms with Crippen LogP contribution in [0.1, 0.15) is 10.4 Å². The maximum atomic E-state index is 11.7. The number of nitrogens with zero attached hydrogens (tertiary/aromatic N) is 2. The monoisotopic (exact) mass is 201 g/mol. The van der Waals surface area contributed by atoms with Gasteiger partial charge < -0.3 is 5.32 Å². The van der Waals surface area contributed by atoms with Gasteiger partial charge >= 0.3 is 0 Å². The van der Waals surface area contributed by atoms with Crippen molar-refractivity contribution >= 4 is 11.6 Å². The van der Waals surface area contributed by atoms with Gasteiger partial charge in [0.2, 0.25) is 0 Å². The van der Waals surface area contributed by atoms with Crippen LogP contribution in [-0.4, -0.2) is 15.7 Å². The molecule has 0 aliphatic rings. The lowest BCUT2D eigenvalue weighted by atomic mass is 10.2. The van der Waals surface area contributed by atoms with Crippen molar-refractivity contribution in [3.8, 4) is 0 Å². The van der Waals surface area contributed by atoms with Crippen LogP contribution in [0.15, 0.2) is 42.7 Å². The first-order chi connectivity index (χ1) is 7.25. The Kier molecular flexibility index (Phi) is 2.49. The maximum absolute atomic E-state index is 11.7. The highest BCUT2D eigenvalue weighted by atomic mass is 16.1. The van der Waals surface area contributed by atoms with Crippen molar-refractivity contribution in [3.05, 3.63) is 48.3 Å². The number of aryl methyl sites for hydroxylation is 1. The highest BCUT2D eigenvalue weighted by Gasteiger charge is 2.05. The molecular weight excluding hydrogens is 190 g/mol. The van der Waals surface area contributed by atoms with E-state index in [1.165, 1.54) is 0 Å². The first kappa shape index (κ1) is 9.45. The van der Waals surface area contributed by atoms with Gasteiger partial charge in [0.05, 0.1) is 11.9 Å². The summed E-state index contributed by atoms with van der Waals surface area (Å²) in [6.45, 7) is 0. The van der Waals surface area contributed by atoms with Crippen LogP contribution in [0.3, 0.4) is 0 Å². The Morgan fingerprint density at radius 1 is 1.33 bits per heavy atom. The van der Waals surface area contributed by atoms with Gasteiger partial charge in [0.15, 0.2) is 0 Å². The summed E-state index contributed by atoms with van der Waals surface area (Å²) in [6.07, 6.45) is 3.36. The molecule has 0 spiro atoms. The van der Waals surface area contributed by atoms with Crippen LogP contribution in [0, 0.1) is 0 Å². The zero-order valence-corrected chi connectivity index (χ0v) is 8.34. The second kappa shape index (κ2) is 3.96. The molecule has 0 aliphatic carbocycles. The van der Waals surface area contributed by atoms with Crippen LogP contribution in [0.5, 0.6) is 0 Å². The fourth-order valence-electron chi connectivity index (χ4n) is 1.28. The van der Waals surface area contributed by atoms with Gasteiger partial charge in [-0.3, -0.25) is 9.48 Å². The molecule has 2 aromatic rings. The first-order valence-electron chi connectivity index (χ1n) is 4.61. The maximum Gasteiger partial charge on any atom is 0.255 e. The largest absolute Gasteiger partial charge is 0.319 e. The third-order valence-electron chi connectivity index (χ3n) is 2.00. The van der Waals surface area contributed by atoms with Gasteiger partial charge in [0.25, 0.3) is 5.91 Å². The molecule has 76 valence electrons. The third kappa shape index (κ3) is 2.22. The summed E-state index contributed by atoms with van der Waals surface area (Å²) in [5, 5.41) is 6.72. The molecule has 4 nitrogen and oxygen atoms in total. The summed E-state index contributed by atoms with van der Waals surface area (Å²) in [5.74, 6) is -0.122. The van der Waals surface area contributed by atoms with Crippen molar-refractivity contribution in [2.45, 2.75) is 0 Å². The topological polar surface area (TPSA) is 46.9 Å². The average Bonchev–Trinajstić information content (AvgIpc) is 2.65. The molecule has 0 aliphatic heterocycles. The Hall–Kier alpha value is -2.10. The van der Waals surface area contributed by atoms with Crippen molar-refractivity contribution in [1.82, 2.24) is 9.78 Å². The van der Waals surface area contributed by atoms with Gasteiger partial charge in [-0.1, -0.05) is 18.2 Å². The number of carbonyl (C=O) groups excluding carboxylic acids is 1. The second-order valence-electron chi connectivity index (χ2n) is 3.22. The Morgan fingerprint density at radius 2 is 2.07 bits per heavy atom. The highest BCUT2D eigenvalue weighted by Crippen LogP contribution is 2.07. The van der Waals surface area contributed by atoms with Crippen molar-refractivity contribution in [2.24, 2.45) is 7.05 Å². The van der Waals surface area contributed by atoms with Crippen LogP contribution in [0.2, 0.25) is 0 Å². The lowest BCUT2D eigenvalue weighted by Crippen LogP contribution is -2.10. The molecule has 0 atom stereocenters. The molecule has 2 rings (SSSR count). The Labute approximate surface area is 87.5 Å². The van der Waals surface area contributed by atoms with Crippen molar-refractivity contribution in [2.75, 3.05) is 5.32 Å². The van der Waals surface area contributed by atoms with Gasteiger partial charge in [-0.05, 0) is 12.1 Å². The van der Waals surface area contributed by atoms with Crippen molar-refractivity contribution in [1.29, 1.82) is 0 Å². The molecule has 1 amide bonds. The van der Waals surface area contributed by atoms with E-state index in [2.05, 4.69) is 10.4 Å². The van der Waals surface area contributed by atoms with Crippen LogP contribution >= 0.6 is 0 Å². The number of hydrogen-bond acceptors (Lipinski definition) is 2. The molecule has 1 aromatic carbocycles. The molecule has 1 aromatic heterocycles. The van der Waals surface area contributed by atoms with Gasteiger partial charge in [-0.2, -0.15) is 5.10 Å². The van der Waals surface area contributed by atoms with Crippen molar-refractivity contribution in [3.63, 3.8) is 0 Å². The third-order valence-corrected chi connectivity index (χ3v) is 2.00. The SMILES string of the molecule is Cn1cc(NC(=O)c2ccccc2)cn1. The van der Waals surface area contributed by atoms with Crippen LogP contribution < -0.4 is 5.32 Å². The summed E-state index contributed by atoms with van der Waals surface area (Å²) in [7, 11) is 1.80. The standard InChI is InChI=1S/C11H11N3O/c1-14-8-10(7-12-14)13-11(15)9-5-3-2-4-6-9/h2-8H,1H3,(H,13,15). The molecule has 0 saturated carbocycles. The summed E-state index contributed by atoms with van der Waals surface area (Å²) in [6, 6.07) is 9.08. The smallest absolute Gasteiger partial charge is 0.255 e. The van der Waals surface area contributed by atoms with E-state index in [-0.39, 0.29) is 5.91 Å². The van der Waals surface area contributed by atoms with E-state index in [0.29, 0.717) is 11.3 Å². The molecule has 0 unspecified atom stereocenters. The number of anilines is 1. The van der Waals surface area contributed by atoms with E-state index < -0.39 is 0 Å². The van der Waals surface area contributed by atoms with E-state index in [9.17, 15) is 4.79 Å². The minimum Gasteiger partial charge on any atom is -0.319 e. The highest BCUT2D eigenvalue weighted by molar-refractivity contribution is 6.04. The normalized spacial score (nSPS) is 9.93. The minimum absolute atomic E-state index is 0.122. The van der Waals surface area contributed by atoms with E-state index in [4.69, 9.17) is 0 Å². The molecular formula is C11H11N3O. The number of benzene rings is 1. The van der Waals surface area contributed by atoms with E-state index in [1.54, 1.807) is 36.3 Å². The molecule has 15 heavy (non-hydrogen) atoms. The van der Waals surface area contributed by atoms with Gasteiger partial charge in [0.1, 0.15) is 0 Å². The predicted octanol–water partition coefficient (Wildman–Crippen LogP) is 1.67. The number of hydrogen-bond donors (Lipinski definition) is 1. The molecule has 1 heterocycles. The number of nitrogens with one attached hydrogen (secondary N) is 1. The molecule has 0 bridgehead atoms. The lowest BCUT2D eigenvalue weighted by Gasteiger charge is -2.00. The van der Waals surface area contributed by atoms with E-state index >= 15 is 0 Å². The fourth-order valence-corrected chi connectivity index (χ4v) is 1.28. The fraction of sp³-hybridized carbons (Fsp3) is 0.0909. The Bertz CT molecular complexity index is 462. The van der Waals surface area contributed by atoms with E-state index in [1.807, 2.05) is 18.2 Å². The van der Waals surface area contributed by atoms with Crippen LogP contribution in [0.25, 0.3) is 0 Å². The lowest BCUT2D eigenvalue weighted by molar-refractivity contribution is 0.102. The van der Waals surface area contributed by atoms with Crippen LogP contribution in [0.4, 0.5) is 5.69 Å². The zero-order valence-electron chi connectivity index (χ0n) is 8.34. The molecule has 0 radical (unpaired) electrons. The van der Waals surface area contributed by atoms with Crippen LogP contribution in [-0.2, 0) is 7.05 Å². The van der Waals surface area contributed by atoms with Crippen molar-refractivity contribution < 1.29 is 4.79 Å². The first-order valence-corrected chi connectivity index (χ1v) is 4.61. The summed E-state index contributed by atoms with van der Waals surface area (Å²) >= 11 is 0. The predicted molar refractivity (Wildman–Crippen MR) is 57.6 cm³/mol. The average molecular weight is 201 g/mol. The van der Waals surface area contributed by atoms with Gasteiger partial charge in [-0.25, -0.2) is 0 Å². The second-order valence-corrected chi connectivity index (χ2v) is 3.22. The zero-order chi connectivity index (χ0) is 10.7. The number of rotatable bonds is 2. The minimum atomic E-state index is -0.122. The summed E-state index contributed by atoms with van der Waals surface area (Å²) in [4.78, 5) is 11.7. The molecule has 0 saturated heterocycles. The molecule has 1 N–H and O–H groups in total. The molecule has 4 heteroatoms. The van der Waals surface area contributed by atoms with Gasteiger partial charge in [-0.15, -0.1) is 0 Å². The Morgan fingerprint density at radius 3 is 2.67 bits per heavy atom. The number of carbonyl (C=O) groups is 1.